The van der Waals surface area contributed by atoms with Gasteiger partial charge >= 0.3 is 5.97 Å². The number of carbonyl (C=O) groups is 3. The summed E-state index contributed by atoms with van der Waals surface area (Å²) < 4.78 is 13.0. The van der Waals surface area contributed by atoms with Crippen molar-refractivity contribution >= 4 is 34.4 Å². The van der Waals surface area contributed by atoms with Gasteiger partial charge in [0.05, 0.1) is 34.9 Å². The lowest BCUT2D eigenvalue weighted by atomic mass is 9.81. The van der Waals surface area contributed by atoms with Crippen molar-refractivity contribution in [1.29, 1.82) is 0 Å². The normalized spacial score (nSPS) is 12.5. The van der Waals surface area contributed by atoms with Gasteiger partial charge in [0.2, 0.25) is 5.78 Å². The minimum absolute atomic E-state index is 0.0252. The molecule has 0 aliphatic carbocycles. The molecule has 0 spiro atoms. The molecule has 0 aliphatic rings. The first-order chi connectivity index (χ1) is 19.3. The number of methoxy groups -OCH3 is 1. The quantitative estimate of drug-likeness (QED) is 0.199. The van der Waals surface area contributed by atoms with E-state index in [2.05, 4.69) is 4.98 Å². The standard InChI is InChI=1S/C32H36N2O6S/c1-18(2)24(31(37)38)15-25-27(30(36)32(4,5)6)26-14-23(40-16-21-17-41-19(3)33-21)12-13-34(26)28(25)29(35)20-8-10-22(39-7)11-9-20/h8-14,17-18,24H,15-16H2,1-7H3,(H,37,38)/t24-/m1/s1. The number of carboxylic acid groups (broad SMARTS) is 1. The van der Waals surface area contributed by atoms with Gasteiger partial charge in [0.15, 0.2) is 5.78 Å². The number of Topliss-reactive ketones (excluding diaryl/α,β-unsaturated/α-hetero) is 1. The number of benzene rings is 1. The highest BCUT2D eigenvalue weighted by Gasteiger charge is 2.35. The van der Waals surface area contributed by atoms with Crippen LogP contribution < -0.4 is 9.47 Å². The summed E-state index contributed by atoms with van der Waals surface area (Å²) in [6, 6.07) is 10.2. The molecule has 0 unspecified atom stereocenters. The predicted molar refractivity (Wildman–Crippen MR) is 158 cm³/mol. The Kier molecular flexibility index (Phi) is 8.68. The van der Waals surface area contributed by atoms with E-state index < -0.39 is 17.3 Å². The molecule has 0 fully saturated rings. The molecule has 0 bridgehead atoms. The molecule has 0 saturated heterocycles. The third kappa shape index (κ3) is 6.35. The first-order valence-corrected chi connectivity index (χ1v) is 14.4. The maximum atomic E-state index is 14.1. The molecule has 1 atom stereocenters. The SMILES string of the molecule is COc1ccc(C(=O)c2c(C[C@@H](C(=O)O)C(C)C)c(C(=O)C(C)(C)C)c3cc(OCc4csc(C)n4)ccn23)cc1. The third-order valence-corrected chi connectivity index (χ3v) is 7.91. The number of carbonyl (C=O) groups excluding carboxylic acids is 2. The molecular weight excluding hydrogens is 540 g/mol. The summed E-state index contributed by atoms with van der Waals surface area (Å²) in [5.74, 6) is -1.38. The molecule has 0 radical (unpaired) electrons. The van der Waals surface area contributed by atoms with Gasteiger partial charge in [-0.3, -0.25) is 14.4 Å². The number of hydrogen-bond acceptors (Lipinski definition) is 7. The first-order valence-electron chi connectivity index (χ1n) is 13.5. The van der Waals surface area contributed by atoms with Crippen molar-refractivity contribution in [2.75, 3.05) is 7.11 Å². The summed E-state index contributed by atoms with van der Waals surface area (Å²) in [6.07, 6.45) is 1.74. The number of hydrogen-bond donors (Lipinski definition) is 1. The molecule has 41 heavy (non-hydrogen) atoms. The van der Waals surface area contributed by atoms with Crippen LogP contribution in [0.2, 0.25) is 0 Å². The topological polar surface area (TPSA) is 107 Å². The van der Waals surface area contributed by atoms with Crippen LogP contribution in [0.25, 0.3) is 5.52 Å². The fraction of sp³-hybridized carbons (Fsp3) is 0.375. The number of aliphatic carboxylic acids is 1. The van der Waals surface area contributed by atoms with E-state index in [-0.39, 0.29) is 36.2 Å². The molecule has 3 heterocycles. The van der Waals surface area contributed by atoms with Gasteiger partial charge in [0, 0.05) is 34.2 Å². The van der Waals surface area contributed by atoms with Gasteiger partial charge in [0.1, 0.15) is 18.1 Å². The summed E-state index contributed by atoms with van der Waals surface area (Å²) >= 11 is 1.54. The average Bonchev–Trinajstić information content (AvgIpc) is 3.48. The number of fused-ring (bicyclic) bond motifs is 1. The number of carboxylic acids is 1. The molecule has 9 heteroatoms. The van der Waals surface area contributed by atoms with Crippen LogP contribution >= 0.6 is 11.3 Å². The Labute approximate surface area is 244 Å². The van der Waals surface area contributed by atoms with Crippen LogP contribution in [-0.4, -0.2) is 39.1 Å². The Morgan fingerprint density at radius 3 is 2.29 bits per heavy atom. The number of ketones is 2. The minimum atomic E-state index is -0.977. The maximum Gasteiger partial charge on any atom is 0.307 e. The predicted octanol–water partition coefficient (Wildman–Crippen LogP) is 6.65. The van der Waals surface area contributed by atoms with E-state index in [9.17, 15) is 19.5 Å². The third-order valence-electron chi connectivity index (χ3n) is 7.09. The van der Waals surface area contributed by atoms with Gasteiger partial charge in [0.25, 0.3) is 0 Å². The lowest BCUT2D eigenvalue weighted by molar-refractivity contribution is -0.143. The summed E-state index contributed by atoms with van der Waals surface area (Å²) in [6.45, 7) is 11.3. The number of ether oxygens (including phenoxy) is 2. The van der Waals surface area contributed by atoms with Crippen LogP contribution in [0, 0.1) is 24.2 Å². The fourth-order valence-corrected chi connectivity index (χ4v) is 5.39. The van der Waals surface area contributed by atoms with Crippen LogP contribution in [0.4, 0.5) is 0 Å². The highest BCUT2D eigenvalue weighted by atomic mass is 32.1. The van der Waals surface area contributed by atoms with Gasteiger partial charge in [-0.1, -0.05) is 34.6 Å². The van der Waals surface area contributed by atoms with Crippen LogP contribution in [0.15, 0.2) is 48.0 Å². The zero-order valence-corrected chi connectivity index (χ0v) is 25.3. The van der Waals surface area contributed by atoms with E-state index in [1.54, 1.807) is 54.1 Å². The van der Waals surface area contributed by atoms with E-state index >= 15 is 0 Å². The number of rotatable bonds is 11. The van der Waals surface area contributed by atoms with E-state index in [1.807, 2.05) is 46.9 Å². The molecule has 0 amide bonds. The molecule has 0 aliphatic heterocycles. The van der Waals surface area contributed by atoms with Crippen LogP contribution in [0.5, 0.6) is 11.5 Å². The molecule has 1 aromatic carbocycles. The summed E-state index contributed by atoms with van der Waals surface area (Å²) in [5.41, 5.74) is 1.95. The fourth-order valence-electron chi connectivity index (χ4n) is 4.79. The second-order valence-electron chi connectivity index (χ2n) is 11.5. The van der Waals surface area contributed by atoms with Gasteiger partial charge in [-0.15, -0.1) is 11.3 Å². The van der Waals surface area contributed by atoms with E-state index in [0.29, 0.717) is 33.7 Å². The zero-order chi connectivity index (χ0) is 30.1. The van der Waals surface area contributed by atoms with Crippen molar-refractivity contribution in [1.82, 2.24) is 9.38 Å². The Hall–Kier alpha value is -3.98. The molecule has 0 saturated carbocycles. The summed E-state index contributed by atoms with van der Waals surface area (Å²) in [4.78, 5) is 44.9. The number of pyridine rings is 1. The Morgan fingerprint density at radius 2 is 1.76 bits per heavy atom. The lowest BCUT2D eigenvalue weighted by Crippen LogP contribution is -2.26. The molecule has 216 valence electrons. The van der Waals surface area contributed by atoms with Crippen molar-refractivity contribution in [3.05, 3.63) is 81.1 Å². The lowest BCUT2D eigenvalue weighted by Gasteiger charge is -2.20. The van der Waals surface area contributed by atoms with Crippen molar-refractivity contribution in [3.63, 3.8) is 0 Å². The first kappa shape index (κ1) is 30.0. The molecular formula is C32H36N2O6S. The Balaban J connectivity index is 1.95. The van der Waals surface area contributed by atoms with E-state index in [4.69, 9.17) is 9.47 Å². The number of thiazole rings is 1. The van der Waals surface area contributed by atoms with Crippen molar-refractivity contribution in [3.8, 4) is 11.5 Å². The number of aryl methyl sites for hydroxylation is 1. The number of aromatic nitrogens is 2. The second kappa shape index (κ2) is 11.9. The maximum absolute atomic E-state index is 14.1. The van der Waals surface area contributed by atoms with Gasteiger partial charge in [-0.2, -0.15) is 0 Å². The van der Waals surface area contributed by atoms with Crippen molar-refractivity contribution < 1.29 is 29.0 Å². The monoisotopic (exact) mass is 576 g/mol. The van der Waals surface area contributed by atoms with Gasteiger partial charge in [-0.05, 0) is 55.2 Å². The van der Waals surface area contributed by atoms with E-state index in [1.165, 1.54) is 11.3 Å². The largest absolute Gasteiger partial charge is 0.497 e. The molecule has 3 aromatic heterocycles. The molecule has 4 aromatic rings. The summed E-state index contributed by atoms with van der Waals surface area (Å²) in [5, 5.41) is 13.0. The van der Waals surface area contributed by atoms with Crippen LogP contribution in [0.1, 0.15) is 77.3 Å². The smallest absolute Gasteiger partial charge is 0.307 e. The Bertz CT molecular complexity index is 1590. The van der Waals surface area contributed by atoms with Crippen molar-refractivity contribution in [2.45, 2.75) is 54.6 Å². The van der Waals surface area contributed by atoms with Gasteiger partial charge in [-0.25, -0.2) is 4.98 Å². The van der Waals surface area contributed by atoms with Crippen molar-refractivity contribution in [2.24, 2.45) is 17.3 Å². The van der Waals surface area contributed by atoms with Crippen LogP contribution in [-0.2, 0) is 17.8 Å². The molecule has 4 rings (SSSR count). The highest BCUT2D eigenvalue weighted by Crippen LogP contribution is 2.36. The van der Waals surface area contributed by atoms with Gasteiger partial charge < -0.3 is 19.0 Å². The number of nitrogens with zero attached hydrogens (tertiary/aromatic N) is 2. The average molecular weight is 577 g/mol. The Morgan fingerprint density at radius 1 is 1.07 bits per heavy atom. The summed E-state index contributed by atoms with van der Waals surface area (Å²) in [7, 11) is 1.55. The van der Waals surface area contributed by atoms with E-state index in [0.717, 1.165) is 10.7 Å². The highest BCUT2D eigenvalue weighted by molar-refractivity contribution is 7.09. The molecule has 1 N–H and O–H groups in total. The minimum Gasteiger partial charge on any atom is -0.497 e. The second-order valence-corrected chi connectivity index (χ2v) is 12.6. The zero-order valence-electron chi connectivity index (χ0n) is 24.5. The molecule has 8 nitrogen and oxygen atoms in total. The van der Waals surface area contributed by atoms with Crippen LogP contribution in [0.3, 0.4) is 0 Å².